The van der Waals surface area contributed by atoms with Crippen LogP contribution in [-0.2, 0) is 5.54 Å². The SMILES string of the molecule is CCCCCCCC(C)(CCCCC)n1nc(Br)c(Br)n1. The summed E-state index contributed by atoms with van der Waals surface area (Å²) in [5.41, 5.74) is 0.0376. The second-order valence-electron chi connectivity index (χ2n) is 6.19. The van der Waals surface area contributed by atoms with Gasteiger partial charge >= 0.3 is 0 Å². The molecule has 122 valence electrons. The molecule has 0 saturated heterocycles. The third-order valence-electron chi connectivity index (χ3n) is 4.16. The van der Waals surface area contributed by atoms with Crippen LogP contribution in [0.1, 0.15) is 85.0 Å². The zero-order chi connectivity index (χ0) is 15.7. The van der Waals surface area contributed by atoms with E-state index >= 15 is 0 Å². The molecule has 0 aliphatic carbocycles. The summed E-state index contributed by atoms with van der Waals surface area (Å²) in [6.45, 7) is 6.82. The highest BCUT2D eigenvalue weighted by molar-refractivity contribution is 9.13. The van der Waals surface area contributed by atoms with Gasteiger partial charge in [-0.15, -0.1) is 10.2 Å². The molecule has 0 N–H and O–H groups in total. The van der Waals surface area contributed by atoms with Gasteiger partial charge < -0.3 is 0 Å². The Hall–Kier alpha value is 0.1000. The van der Waals surface area contributed by atoms with Crippen LogP contribution in [0.2, 0.25) is 0 Å². The highest BCUT2D eigenvalue weighted by Crippen LogP contribution is 2.31. The van der Waals surface area contributed by atoms with Crippen molar-refractivity contribution in [1.82, 2.24) is 15.0 Å². The minimum atomic E-state index is 0.0376. The summed E-state index contributed by atoms with van der Waals surface area (Å²) in [4.78, 5) is 1.93. The molecule has 5 heteroatoms. The van der Waals surface area contributed by atoms with Gasteiger partial charge in [0.15, 0.2) is 9.21 Å². The number of rotatable bonds is 11. The number of nitrogens with zero attached hydrogens (tertiary/aromatic N) is 3. The molecule has 0 aliphatic heterocycles. The smallest absolute Gasteiger partial charge is 0.162 e. The van der Waals surface area contributed by atoms with E-state index in [1.54, 1.807) is 0 Å². The summed E-state index contributed by atoms with van der Waals surface area (Å²) in [7, 11) is 0. The van der Waals surface area contributed by atoms with Gasteiger partial charge in [-0.2, -0.15) is 4.80 Å². The molecule has 0 aromatic carbocycles. The van der Waals surface area contributed by atoms with Crippen molar-refractivity contribution in [2.24, 2.45) is 0 Å². The van der Waals surface area contributed by atoms with Gasteiger partial charge in [0.25, 0.3) is 0 Å². The van der Waals surface area contributed by atoms with E-state index in [0.717, 1.165) is 22.0 Å². The average Bonchev–Trinajstić information content (AvgIpc) is 2.79. The Morgan fingerprint density at radius 1 is 0.810 bits per heavy atom. The van der Waals surface area contributed by atoms with Gasteiger partial charge in [0.2, 0.25) is 0 Å². The van der Waals surface area contributed by atoms with Crippen LogP contribution in [0.4, 0.5) is 0 Å². The lowest BCUT2D eigenvalue weighted by Crippen LogP contribution is -2.32. The summed E-state index contributed by atoms with van der Waals surface area (Å²) >= 11 is 6.90. The van der Waals surface area contributed by atoms with Crippen molar-refractivity contribution in [3.8, 4) is 0 Å². The maximum atomic E-state index is 4.55. The molecule has 1 heterocycles. The fourth-order valence-corrected chi connectivity index (χ4v) is 3.16. The van der Waals surface area contributed by atoms with Crippen LogP contribution in [0.3, 0.4) is 0 Å². The highest BCUT2D eigenvalue weighted by atomic mass is 79.9. The van der Waals surface area contributed by atoms with Gasteiger partial charge in [-0.1, -0.05) is 65.2 Å². The normalized spacial score (nSPS) is 14.3. The molecule has 0 fully saturated rings. The van der Waals surface area contributed by atoms with Crippen molar-refractivity contribution in [3.05, 3.63) is 9.21 Å². The third-order valence-corrected chi connectivity index (χ3v) is 5.76. The van der Waals surface area contributed by atoms with Crippen molar-refractivity contribution in [1.29, 1.82) is 0 Å². The summed E-state index contributed by atoms with van der Waals surface area (Å²) in [6, 6.07) is 0. The summed E-state index contributed by atoms with van der Waals surface area (Å²) < 4.78 is 1.60. The molecule has 1 aromatic heterocycles. The number of unbranched alkanes of at least 4 members (excludes halogenated alkanes) is 6. The first-order valence-electron chi connectivity index (χ1n) is 8.32. The maximum Gasteiger partial charge on any atom is 0.162 e. The van der Waals surface area contributed by atoms with Crippen LogP contribution in [0.15, 0.2) is 9.21 Å². The highest BCUT2D eigenvalue weighted by Gasteiger charge is 2.28. The van der Waals surface area contributed by atoms with Crippen LogP contribution >= 0.6 is 31.9 Å². The fourth-order valence-electron chi connectivity index (χ4n) is 2.70. The van der Waals surface area contributed by atoms with E-state index in [0.29, 0.717) is 0 Å². The predicted molar refractivity (Wildman–Crippen MR) is 96.6 cm³/mol. The zero-order valence-electron chi connectivity index (χ0n) is 13.7. The number of hydrogen-bond donors (Lipinski definition) is 0. The molecular weight excluding hydrogens is 394 g/mol. The Kier molecular flexibility index (Phi) is 9.10. The number of aromatic nitrogens is 3. The molecule has 1 aromatic rings. The largest absolute Gasteiger partial charge is 0.177 e. The molecule has 0 amide bonds. The van der Waals surface area contributed by atoms with Crippen molar-refractivity contribution in [3.63, 3.8) is 0 Å². The van der Waals surface area contributed by atoms with Crippen LogP contribution in [0.25, 0.3) is 0 Å². The summed E-state index contributed by atoms with van der Waals surface area (Å²) in [5.74, 6) is 0. The third kappa shape index (κ3) is 6.39. The van der Waals surface area contributed by atoms with E-state index in [1.165, 1.54) is 51.4 Å². The van der Waals surface area contributed by atoms with E-state index in [1.807, 2.05) is 4.80 Å². The standard InChI is InChI=1S/C16H29Br2N3/c1-4-6-8-9-11-13-16(3,12-10-7-5-2)21-19-14(17)15(18)20-21/h4-13H2,1-3H3. The van der Waals surface area contributed by atoms with Gasteiger partial charge in [-0.25, -0.2) is 0 Å². The van der Waals surface area contributed by atoms with Gasteiger partial charge in [-0.05, 0) is 51.6 Å². The van der Waals surface area contributed by atoms with E-state index in [9.17, 15) is 0 Å². The van der Waals surface area contributed by atoms with E-state index in [2.05, 4.69) is 62.8 Å². The van der Waals surface area contributed by atoms with E-state index in [-0.39, 0.29) is 5.54 Å². The minimum absolute atomic E-state index is 0.0376. The fraction of sp³-hybridized carbons (Fsp3) is 0.875. The van der Waals surface area contributed by atoms with Crippen LogP contribution in [0.5, 0.6) is 0 Å². The molecule has 21 heavy (non-hydrogen) atoms. The van der Waals surface area contributed by atoms with E-state index < -0.39 is 0 Å². The molecule has 1 rings (SSSR count). The Labute approximate surface area is 146 Å². The lowest BCUT2D eigenvalue weighted by molar-refractivity contribution is 0.200. The molecule has 0 radical (unpaired) electrons. The van der Waals surface area contributed by atoms with Gasteiger partial charge in [0, 0.05) is 0 Å². The molecule has 1 unspecified atom stereocenters. The monoisotopic (exact) mass is 421 g/mol. The lowest BCUT2D eigenvalue weighted by atomic mass is 9.89. The molecule has 0 bridgehead atoms. The average molecular weight is 423 g/mol. The Bertz CT molecular complexity index is 387. The molecule has 1 atom stereocenters. The molecule has 3 nitrogen and oxygen atoms in total. The van der Waals surface area contributed by atoms with Gasteiger partial charge in [0.05, 0.1) is 5.54 Å². The quantitative estimate of drug-likeness (QED) is 0.383. The molecule has 0 saturated carbocycles. The zero-order valence-corrected chi connectivity index (χ0v) is 16.8. The minimum Gasteiger partial charge on any atom is -0.177 e. The van der Waals surface area contributed by atoms with E-state index in [4.69, 9.17) is 0 Å². The predicted octanol–water partition coefficient (Wildman–Crippen LogP) is 6.46. The first kappa shape index (κ1) is 19.1. The molecule has 0 spiro atoms. The van der Waals surface area contributed by atoms with Gasteiger partial charge in [-0.3, -0.25) is 0 Å². The Morgan fingerprint density at radius 3 is 1.76 bits per heavy atom. The summed E-state index contributed by atoms with van der Waals surface area (Å²) in [5, 5.41) is 9.10. The first-order valence-corrected chi connectivity index (χ1v) is 9.91. The molecule has 0 aliphatic rings. The summed E-state index contributed by atoms with van der Waals surface area (Å²) in [6.07, 6.45) is 12.7. The first-order chi connectivity index (χ1) is 10.0. The second kappa shape index (κ2) is 9.98. The lowest BCUT2D eigenvalue weighted by Gasteiger charge is -2.29. The van der Waals surface area contributed by atoms with Crippen LogP contribution in [0, 0.1) is 0 Å². The van der Waals surface area contributed by atoms with Crippen LogP contribution < -0.4 is 0 Å². The maximum absolute atomic E-state index is 4.55. The Morgan fingerprint density at radius 2 is 1.24 bits per heavy atom. The second-order valence-corrected chi connectivity index (χ2v) is 7.69. The van der Waals surface area contributed by atoms with Crippen LogP contribution in [-0.4, -0.2) is 15.0 Å². The van der Waals surface area contributed by atoms with Crippen molar-refractivity contribution < 1.29 is 0 Å². The topological polar surface area (TPSA) is 30.7 Å². The van der Waals surface area contributed by atoms with Crippen molar-refractivity contribution in [2.45, 2.75) is 90.5 Å². The van der Waals surface area contributed by atoms with Crippen molar-refractivity contribution in [2.75, 3.05) is 0 Å². The van der Waals surface area contributed by atoms with Gasteiger partial charge in [0.1, 0.15) is 0 Å². The number of halogens is 2. The van der Waals surface area contributed by atoms with Crippen molar-refractivity contribution >= 4 is 31.9 Å². The Balaban J connectivity index is 2.65. The number of hydrogen-bond acceptors (Lipinski definition) is 2. The molecular formula is C16H29Br2N3.